The summed E-state index contributed by atoms with van der Waals surface area (Å²) in [5, 5.41) is 9.21. The number of hydrogen-bond acceptors (Lipinski definition) is 3. The van der Waals surface area contributed by atoms with Crippen molar-refractivity contribution in [3.63, 3.8) is 0 Å². The highest BCUT2D eigenvalue weighted by Crippen LogP contribution is 2.22. The Balaban J connectivity index is 1.44. The van der Waals surface area contributed by atoms with Gasteiger partial charge in [0.05, 0.1) is 0 Å². The van der Waals surface area contributed by atoms with Gasteiger partial charge in [0, 0.05) is 30.9 Å². The number of hydrogen-bond donors (Lipinski definition) is 3. The lowest BCUT2D eigenvalue weighted by atomic mass is 9.93. The van der Waals surface area contributed by atoms with E-state index >= 15 is 0 Å². The minimum absolute atomic E-state index is 0.135. The zero-order valence-electron chi connectivity index (χ0n) is 15.2. The van der Waals surface area contributed by atoms with Crippen LogP contribution in [-0.4, -0.2) is 24.1 Å². The molecule has 0 radical (unpaired) electrons. The largest absolute Gasteiger partial charge is 0.370 e. The molecule has 1 aliphatic heterocycles. The molecule has 0 aromatic carbocycles. The van der Waals surface area contributed by atoms with Crippen LogP contribution < -0.4 is 16.0 Å². The van der Waals surface area contributed by atoms with E-state index in [-0.39, 0.29) is 6.03 Å². The molecule has 3 rings (SSSR count). The van der Waals surface area contributed by atoms with Crippen molar-refractivity contribution in [2.75, 3.05) is 18.4 Å². The summed E-state index contributed by atoms with van der Waals surface area (Å²) in [5.41, 5.74) is 4.73. The van der Waals surface area contributed by atoms with Crippen molar-refractivity contribution in [2.45, 2.75) is 46.0 Å². The predicted octanol–water partition coefficient (Wildman–Crippen LogP) is 3.54. The van der Waals surface area contributed by atoms with Crippen LogP contribution in [0.2, 0.25) is 0 Å². The molecule has 1 aromatic rings. The second-order valence-corrected chi connectivity index (χ2v) is 7.06. The molecule has 0 saturated heterocycles. The van der Waals surface area contributed by atoms with Crippen molar-refractivity contribution in [2.24, 2.45) is 5.92 Å². The summed E-state index contributed by atoms with van der Waals surface area (Å²) in [6.07, 6.45) is 9.07. The third-order valence-corrected chi connectivity index (χ3v) is 4.82. The maximum absolute atomic E-state index is 12.0. The molecule has 2 heterocycles. The van der Waals surface area contributed by atoms with Gasteiger partial charge in [0.15, 0.2) is 0 Å². The van der Waals surface area contributed by atoms with E-state index in [1.165, 1.54) is 17.6 Å². The molecule has 2 amide bonds. The average Bonchev–Trinajstić information content (AvgIpc) is 2.62. The minimum Gasteiger partial charge on any atom is -0.370 e. The van der Waals surface area contributed by atoms with E-state index in [0.29, 0.717) is 12.5 Å². The lowest BCUT2D eigenvalue weighted by molar-refractivity contribution is 0.243. The Bertz CT molecular complexity index is 691. The standard InChI is InChI=1S/C20H28N4O/c1-14(2)15-5-8-17(9-6-15)24-20(25)22-13-11-18-10-7-16-4-3-12-21-19(16)23-18/h5,7-8,10,14H,3-4,6,9,11-13H2,1-2H3,(H,21,23)(H2,22,24,25). The van der Waals surface area contributed by atoms with Gasteiger partial charge in [-0.1, -0.05) is 31.6 Å². The number of rotatable bonds is 5. The first-order valence-corrected chi connectivity index (χ1v) is 9.29. The molecule has 5 nitrogen and oxygen atoms in total. The highest BCUT2D eigenvalue weighted by molar-refractivity contribution is 5.76. The summed E-state index contributed by atoms with van der Waals surface area (Å²) in [6, 6.07) is 4.08. The average molecular weight is 340 g/mol. The van der Waals surface area contributed by atoms with Gasteiger partial charge in [0.25, 0.3) is 0 Å². The van der Waals surface area contributed by atoms with Crippen molar-refractivity contribution < 1.29 is 4.79 Å². The smallest absolute Gasteiger partial charge is 0.318 e. The topological polar surface area (TPSA) is 66.0 Å². The van der Waals surface area contributed by atoms with Gasteiger partial charge in [-0.2, -0.15) is 0 Å². The Kier molecular flexibility index (Phi) is 5.74. The van der Waals surface area contributed by atoms with Crippen LogP contribution in [0.25, 0.3) is 0 Å². The first-order valence-electron chi connectivity index (χ1n) is 9.29. The van der Waals surface area contributed by atoms with Gasteiger partial charge in [-0.05, 0) is 49.3 Å². The normalized spacial score (nSPS) is 16.4. The number of allylic oxidation sites excluding steroid dienone is 4. The Morgan fingerprint density at radius 3 is 2.88 bits per heavy atom. The first kappa shape index (κ1) is 17.5. The van der Waals surface area contributed by atoms with Crippen LogP contribution in [0.15, 0.2) is 35.6 Å². The van der Waals surface area contributed by atoms with Crippen LogP contribution in [0.3, 0.4) is 0 Å². The number of carbonyl (C=O) groups excluding carboxylic acids is 1. The number of urea groups is 1. The third kappa shape index (κ3) is 4.84. The Morgan fingerprint density at radius 1 is 1.24 bits per heavy atom. The van der Waals surface area contributed by atoms with Gasteiger partial charge in [-0.3, -0.25) is 0 Å². The fourth-order valence-corrected chi connectivity index (χ4v) is 3.24. The number of aromatic nitrogens is 1. The number of amides is 2. The number of nitrogens with one attached hydrogen (secondary N) is 3. The lowest BCUT2D eigenvalue weighted by Gasteiger charge is -2.18. The molecule has 134 valence electrons. The molecule has 0 fully saturated rings. The fraction of sp³-hybridized carbons (Fsp3) is 0.500. The van der Waals surface area contributed by atoms with Crippen molar-refractivity contribution in [1.29, 1.82) is 0 Å². The summed E-state index contributed by atoms with van der Waals surface area (Å²) < 4.78 is 0. The number of pyridine rings is 1. The summed E-state index contributed by atoms with van der Waals surface area (Å²) in [7, 11) is 0. The number of anilines is 1. The van der Waals surface area contributed by atoms with E-state index < -0.39 is 0 Å². The van der Waals surface area contributed by atoms with Gasteiger partial charge in [0.1, 0.15) is 5.82 Å². The van der Waals surface area contributed by atoms with Crippen molar-refractivity contribution in [1.82, 2.24) is 15.6 Å². The van der Waals surface area contributed by atoms with Gasteiger partial charge in [0.2, 0.25) is 0 Å². The van der Waals surface area contributed by atoms with E-state index in [0.717, 1.165) is 49.4 Å². The van der Waals surface area contributed by atoms with Crippen molar-refractivity contribution in [3.05, 3.63) is 46.8 Å². The molecule has 5 heteroatoms. The molecular formula is C20H28N4O. The van der Waals surface area contributed by atoms with Crippen LogP contribution in [0.5, 0.6) is 0 Å². The highest BCUT2D eigenvalue weighted by Gasteiger charge is 2.12. The number of aryl methyl sites for hydroxylation is 1. The monoisotopic (exact) mass is 340 g/mol. The summed E-state index contributed by atoms with van der Waals surface area (Å²) in [5.74, 6) is 1.58. The lowest BCUT2D eigenvalue weighted by Crippen LogP contribution is -2.36. The zero-order chi connectivity index (χ0) is 17.6. The van der Waals surface area contributed by atoms with E-state index in [2.05, 4.69) is 53.0 Å². The Hall–Kier alpha value is -2.30. The SMILES string of the molecule is CC(C)C1=CC=C(NC(=O)NCCc2ccc3c(n2)NCCC3)CC1. The number of carbonyl (C=O) groups is 1. The zero-order valence-corrected chi connectivity index (χ0v) is 15.2. The maximum Gasteiger partial charge on any atom is 0.318 e. The van der Waals surface area contributed by atoms with Gasteiger partial charge < -0.3 is 16.0 Å². The fourth-order valence-electron chi connectivity index (χ4n) is 3.24. The first-order chi connectivity index (χ1) is 12.1. The van der Waals surface area contributed by atoms with Crippen LogP contribution in [0.1, 0.15) is 44.4 Å². The molecule has 0 unspecified atom stereocenters. The quantitative estimate of drug-likeness (QED) is 0.768. The summed E-state index contributed by atoms with van der Waals surface area (Å²) >= 11 is 0. The second kappa shape index (κ2) is 8.19. The molecule has 1 aromatic heterocycles. The maximum atomic E-state index is 12.0. The second-order valence-electron chi connectivity index (χ2n) is 7.06. The third-order valence-electron chi connectivity index (χ3n) is 4.82. The number of fused-ring (bicyclic) bond motifs is 1. The molecule has 1 aliphatic carbocycles. The van der Waals surface area contributed by atoms with Crippen LogP contribution in [0.4, 0.5) is 10.6 Å². The molecule has 0 saturated carbocycles. The molecule has 0 bridgehead atoms. The van der Waals surface area contributed by atoms with E-state index in [9.17, 15) is 4.79 Å². The van der Waals surface area contributed by atoms with Crippen molar-refractivity contribution in [3.8, 4) is 0 Å². The Labute approximate surface area is 150 Å². The predicted molar refractivity (Wildman–Crippen MR) is 102 cm³/mol. The van der Waals surface area contributed by atoms with Crippen LogP contribution in [-0.2, 0) is 12.8 Å². The van der Waals surface area contributed by atoms with Crippen LogP contribution >= 0.6 is 0 Å². The van der Waals surface area contributed by atoms with E-state index in [1.54, 1.807) is 0 Å². The van der Waals surface area contributed by atoms with E-state index in [4.69, 9.17) is 0 Å². The van der Waals surface area contributed by atoms with Gasteiger partial charge >= 0.3 is 6.03 Å². The van der Waals surface area contributed by atoms with Gasteiger partial charge in [-0.25, -0.2) is 9.78 Å². The van der Waals surface area contributed by atoms with Gasteiger partial charge in [-0.15, -0.1) is 0 Å². The highest BCUT2D eigenvalue weighted by atomic mass is 16.2. The van der Waals surface area contributed by atoms with E-state index in [1.807, 2.05) is 6.08 Å². The summed E-state index contributed by atoms with van der Waals surface area (Å²) in [6.45, 7) is 5.98. The van der Waals surface area contributed by atoms with Crippen molar-refractivity contribution >= 4 is 11.8 Å². The molecule has 0 atom stereocenters. The number of nitrogens with zero attached hydrogens (tertiary/aromatic N) is 1. The molecule has 2 aliphatic rings. The molecular weight excluding hydrogens is 312 g/mol. The molecule has 3 N–H and O–H groups in total. The summed E-state index contributed by atoms with van der Waals surface area (Å²) in [4.78, 5) is 16.7. The Morgan fingerprint density at radius 2 is 2.12 bits per heavy atom. The molecule has 25 heavy (non-hydrogen) atoms. The minimum atomic E-state index is -0.135. The van der Waals surface area contributed by atoms with Crippen LogP contribution in [0, 0.1) is 5.92 Å². The molecule has 0 spiro atoms.